The van der Waals surface area contributed by atoms with Crippen molar-refractivity contribution in [3.8, 4) is 0 Å². The predicted molar refractivity (Wildman–Crippen MR) is 73.0 cm³/mol. The highest BCUT2D eigenvalue weighted by molar-refractivity contribution is 5.23. The van der Waals surface area contributed by atoms with Crippen LogP contribution in [0, 0.1) is 6.92 Å². The first-order valence-electron chi connectivity index (χ1n) is 6.46. The van der Waals surface area contributed by atoms with E-state index in [0.717, 1.165) is 6.42 Å². The Bertz CT molecular complexity index is 338. The van der Waals surface area contributed by atoms with Gasteiger partial charge in [0, 0.05) is 13.2 Å². The zero-order valence-electron chi connectivity index (χ0n) is 11.5. The van der Waals surface area contributed by atoms with E-state index in [1.54, 1.807) is 0 Å². The SMILES string of the molecule is CCOC(OCC)C(Cc1cccc(C)c1)NN. The maximum absolute atomic E-state index is 5.61. The molecule has 1 aromatic rings. The molecule has 0 bridgehead atoms. The minimum atomic E-state index is -0.314. The molecule has 4 nitrogen and oxygen atoms in total. The van der Waals surface area contributed by atoms with Gasteiger partial charge in [-0.3, -0.25) is 11.3 Å². The van der Waals surface area contributed by atoms with Crippen LogP contribution in [0.3, 0.4) is 0 Å². The Morgan fingerprint density at radius 3 is 2.39 bits per heavy atom. The standard InChI is InChI=1S/C14H24N2O2/c1-4-17-14(18-5-2)13(16-15)10-12-8-6-7-11(3)9-12/h6-9,13-14,16H,4-5,10,15H2,1-3H3. The fourth-order valence-electron chi connectivity index (χ4n) is 1.94. The third kappa shape index (κ3) is 4.74. The lowest BCUT2D eigenvalue weighted by molar-refractivity contribution is -0.153. The molecule has 0 aliphatic carbocycles. The van der Waals surface area contributed by atoms with Crippen molar-refractivity contribution in [2.75, 3.05) is 13.2 Å². The molecule has 0 aromatic heterocycles. The Balaban J connectivity index is 2.69. The lowest BCUT2D eigenvalue weighted by Gasteiger charge is -2.26. The average Bonchev–Trinajstić information content (AvgIpc) is 2.36. The molecule has 0 spiro atoms. The van der Waals surface area contributed by atoms with Gasteiger partial charge in [0.25, 0.3) is 0 Å². The van der Waals surface area contributed by atoms with Gasteiger partial charge in [-0.15, -0.1) is 0 Å². The van der Waals surface area contributed by atoms with Crippen molar-refractivity contribution in [2.24, 2.45) is 5.84 Å². The van der Waals surface area contributed by atoms with Gasteiger partial charge in [-0.2, -0.15) is 0 Å². The lowest BCUT2D eigenvalue weighted by Crippen LogP contribution is -2.48. The summed E-state index contributed by atoms with van der Waals surface area (Å²) >= 11 is 0. The molecule has 0 radical (unpaired) electrons. The zero-order valence-corrected chi connectivity index (χ0v) is 11.5. The average molecular weight is 252 g/mol. The minimum absolute atomic E-state index is 0.0494. The summed E-state index contributed by atoms with van der Waals surface area (Å²) in [6.45, 7) is 7.20. The van der Waals surface area contributed by atoms with Crippen molar-refractivity contribution in [1.29, 1.82) is 0 Å². The monoisotopic (exact) mass is 252 g/mol. The van der Waals surface area contributed by atoms with Crippen LogP contribution < -0.4 is 11.3 Å². The quantitative estimate of drug-likeness (QED) is 0.420. The van der Waals surface area contributed by atoms with Crippen LogP contribution in [0.25, 0.3) is 0 Å². The van der Waals surface area contributed by atoms with Crippen LogP contribution in [0.5, 0.6) is 0 Å². The van der Waals surface area contributed by atoms with Gasteiger partial charge in [-0.1, -0.05) is 29.8 Å². The predicted octanol–water partition coefficient (Wildman–Crippen LogP) is 1.77. The highest BCUT2D eigenvalue weighted by Crippen LogP contribution is 2.11. The van der Waals surface area contributed by atoms with Crippen LogP contribution in [-0.4, -0.2) is 25.5 Å². The van der Waals surface area contributed by atoms with Crippen LogP contribution in [0.1, 0.15) is 25.0 Å². The number of nitrogens with two attached hydrogens (primary N) is 1. The number of aryl methyl sites for hydroxylation is 1. The maximum atomic E-state index is 5.61. The van der Waals surface area contributed by atoms with Crippen LogP contribution in [0.15, 0.2) is 24.3 Å². The van der Waals surface area contributed by atoms with Crippen LogP contribution in [0.2, 0.25) is 0 Å². The number of rotatable bonds is 8. The van der Waals surface area contributed by atoms with Crippen molar-refractivity contribution in [3.05, 3.63) is 35.4 Å². The molecule has 18 heavy (non-hydrogen) atoms. The number of hydrogen-bond donors (Lipinski definition) is 2. The molecule has 0 aliphatic heterocycles. The van der Waals surface area contributed by atoms with E-state index in [1.807, 2.05) is 13.8 Å². The molecule has 0 amide bonds. The molecule has 1 rings (SSSR count). The molecule has 4 heteroatoms. The summed E-state index contributed by atoms with van der Waals surface area (Å²) in [5.41, 5.74) is 5.26. The molecule has 1 aromatic carbocycles. The van der Waals surface area contributed by atoms with E-state index < -0.39 is 0 Å². The van der Waals surface area contributed by atoms with E-state index in [-0.39, 0.29) is 12.3 Å². The Morgan fingerprint density at radius 1 is 1.22 bits per heavy atom. The van der Waals surface area contributed by atoms with Gasteiger partial charge < -0.3 is 9.47 Å². The molecule has 0 saturated carbocycles. The van der Waals surface area contributed by atoms with Gasteiger partial charge in [0.15, 0.2) is 6.29 Å². The third-order valence-electron chi connectivity index (χ3n) is 2.74. The molecule has 1 unspecified atom stereocenters. The summed E-state index contributed by atoms with van der Waals surface area (Å²) in [5, 5.41) is 0. The summed E-state index contributed by atoms with van der Waals surface area (Å²) in [6.07, 6.45) is 0.466. The smallest absolute Gasteiger partial charge is 0.174 e. The molecular weight excluding hydrogens is 228 g/mol. The zero-order chi connectivity index (χ0) is 13.4. The van der Waals surface area contributed by atoms with Crippen molar-refractivity contribution < 1.29 is 9.47 Å². The third-order valence-corrected chi connectivity index (χ3v) is 2.74. The van der Waals surface area contributed by atoms with Gasteiger partial charge in [0.05, 0.1) is 6.04 Å². The molecule has 3 N–H and O–H groups in total. The molecular formula is C14H24N2O2. The van der Waals surface area contributed by atoms with Gasteiger partial charge in [0.1, 0.15) is 0 Å². The molecule has 0 fully saturated rings. The summed E-state index contributed by atoms with van der Waals surface area (Å²) in [4.78, 5) is 0. The maximum Gasteiger partial charge on any atom is 0.174 e. The first kappa shape index (κ1) is 15.1. The van der Waals surface area contributed by atoms with Gasteiger partial charge in [0.2, 0.25) is 0 Å². The number of hydrazine groups is 1. The van der Waals surface area contributed by atoms with E-state index in [4.69, 9.17) is 15.3 Å². The van der Waals surface area contributed by atoms with Crippen molar-refractivity contribution in [2.45, 2.75) is 39.5 Å². The second-order valence-electron chi connectivity index (χ2n) is 4.25. The van der Waals surface area contributed by atoms with E-state index in [9.17, 15) is 0 Å². The summed E-state index contributed by atoms with van der Waals surface area (Å²) in [6, 6.07) is 8.32. The highest BCUT2D eigenvalue weighted by atomic mass is 16.7. The van der Waals surface area contributed by atoms with Gasteiger partial charge in [-0.05, 0) is 32.8 Å². The molecule has 0 heterocycles. The van der Waals surface area contributed by atoms with Crippen molar-refractivity contribution in [1.82, 2.24) is 5.43 Å². The van der Waals surface area contributed by atoms with Crippen LogP contribution in [-0.2, 0) is 15.9 Å². The fraction of sp³-hybridized carbons (Fsp3) is 0.571. The largest absolute Gasteiger partial charge is 0.351 e. The number of ether oxygens (including phenoxy) is 2. The first-order valence-corrected chi connectivity index (χ1v) is 6.46. The summed E-state index contributed by atoms with van der Waals surface area (Å²) in [5.74, 6) is 5.61. The van der Waals surface area contributed by atoms with E-state index in [1.165, 1.54) is 11.1 Å². The minimum Gasteiger partial charge on any atom is -0.351 e. The second kappa shape index (κ2) is 8.21. The fourth-order valence-corrected chi connectivity index (χ4v) is 1.94. The lowest BCUT2D eigenvalue weighted by atomic mass is 10.0. The van der Waals surface area contributed by atoms with Gasteiger partial charge >= 0.3 is 0 Å². The van der Waals surface area contributed by atoms with Crippen LogP contribution >= 0.6 is 0 Å². The Morgan fingerprint density at radius 2 is 1.89 bits per heavy atom. The Kier molecular flexibility index (Phi) is 6.90. The van der Waals surface area contributed by atoms with Gasteiger partial charge in [-0.25, -0.2) is 0 Å². The normalized spacial score (nSPS) is 12.9. The second-order valence-corrected chi connectivity index (χ2v) is 4.25. The first-order chi connectivity index (χ1) is 8.71. The molecule has 0 aliphatic rings. The molecule has 1 atom stereocenters. The van der Waals surface area contributed by atoms with E-state index >= 15 is 0 Å². The summed E-state index contributed by atoms with van der Waals surface area (Å²) in [7, 11) is 0. The van der Waals surface area contributed by atoms with E-state index in [2.05, 4.69) is 36.6 Å². The van der Waals surface area contributed by atoms with E-state index in [0.29, 0.717) is 13.2 Å². The van der Waals surface area contributed by atoms with Crippen molar-refractivity contribution in [3.63, 3.8) is 0 Å². The molecule has 102 valence electrons. The number of nitrogens with one attached hydrogen (secondary N) is 1. The topological polar surface area (TPSA) is 56.5 Å². The highest BCUT2D eigenvalue weighted by Gasteiger charge is 2.21. The van der Waals surface area contributed by atoms with Crippen molar-refractivity contribution >= 4 is 0 Å². The molecule has 0 saturated heterocycles. The Labute approximate surface area is 109 Å². The van der Waals surface area contributed by atoms with Crippen LogP contribution in [0.4, 0.5) is 0 Å². The number of benzene rings is 1. The number of hydrogen-bond acceptors (Lipinski definition) is 4. The summed E-state index contributed by atoms with van der Waals surface area (Å²) < 4.78 is 11.1. The Hall–Kier alpha value is -0.940.